The summed E-state index contributed by atoms with van der Waals surface area (Å²) in [7, 11) is 0. The number of aromatic hydroxyl groups is 1. The highest BCUT2D eigenvalue weighted by atomic mass is 35.5. The van der Waals surface area contributed by atoms with E-state index < -0.39 is 5.91 Å². The molecule has 3 rings (SSSR count). The maximum Gasteiger partial charge on any atom is 0.291 e. The van der Waals surface area contributed by atoms with E-state index in [2.05, 4.69) is 5.32 Å². The van der Waals surface area contributed by atoms with E-state index in [0.29, 0.717) is 15.6 Å². The third-order valence-electron chi connectivity index (χ3n) is 2.91. The summed E-state index contributed by atoms with van der Waals surface area (Å²) in [6.45, 7) is 0. The maximum absolute atomic E-state index is 12.1. The molecule has 0 unspecified atom stereocenters. The topological polar surface area (TPSA) is 62.5 Å². The van der Waals surface area contributed by atoms with E-state index in [1.165, 1.54) is 18.2 Å². The minimum Gasteiger partial charge on any atom is -0.506 e. The molecule has 0 aliphatic carbocycles. The van der Waals surface area contributed by atoms with Crippen LogP contribution in [-0.2, 0) is 0 Å². The number of rotatable bonds is 2. The molecule has 2 aromatic carbocycles. The normalized spacial score (nSPS) is 10.8. The number of amides is 1. The Bertz CT molecular complexity index is 842. The number of phenolic OH excluding ortho intramolecular Hbond substituents is 1. The van der Waals surface area contributed by atoms with Gasteiger partial charge in [-0.25, -0.2) is 0 Å². The summed E-state index contributed by atoms with van der Waals surface area (Å²) < 4.78 is 5.44. The second-order valence-corrected chi connectivity index (χ2v) is 5.28. The molecule has 0 fully saturated rings. The molecular weight excluding hydrogens is 313 g/mol. The van der Waals surface area contributed by atoms with E-state index in [4.69, 9.17) is 27.6 Å². The molecule has 21 heavy (non-hydrogen) atoms. The van der Waals surface area contributed by atoms with Gasteiger partial charge in [-0.1, -0.05) is 23.2 Å². The van der Waals surface area contributed by atoms with Crippen LogP contribution in [-0.4, -0.2) is 11.0 Å². The second-order valence-electron chi connectivity index (χ2n) is 4.41. The van der Waals surface area contributed by atoms with Crippen molar-refractivity contribution < 1.29 is 14.3 Å². The Morgan fingerprint density at radius 3 is 2.57 bits per heavy atom. The van der Waals surface area contributed by atoms with Crippen molar-refractivity contribution in [3.05, 3.63) is 58.3 Å². The fourth-order valence-corrected chi connectivity index (χ4v) is 2.27. The highest BCUT2D eigenvalue weighted by Crippen LogP contribution is 2.28. The molecule has 6 heteroatoms. The summed E-state index contributed by atoms with van der Waals surface area (Å²) in [6, 6.07) is 11.0. The van der Waals surface area contributed by atoms with Gasteiger partial charge in [-0.15, -0.1) is 0 Å². The van der Waals surface area contributed by atoms with E-state index in [0.717, 1.165) is 5.39 Å². The van der Waals surface area contributed by atoms with Gasteiger partial charge in [0.15, 0.2) is 5.76 Å². The maximum atomic E-state index is 12.1. The Morgan fingerprint density at radius 2 is 1.76 bits per heavy atom. The predicted molar refractivity (Wildman–Crippen MR) is 82.3 cm³/mol. The number of fused-ring (bicyclic) bond motifs is 1. The first-order chi connectivity index (χ1) is 10.0. The Morgan fingerprint density at radius 1 is 1.05 bits per heavy atom. The zero-order valence-electron chi connectivity index (χ0n) is 10.6. The van der Waals surface area contributed by atoms with E-state index in [-0.39, 0.29) is 17.2 Å². The third-order valence-corrected chi connectivity index (χ3v) is 3.38. The number of hydrogen-bond donors (Lipinski definition) is 2. The molecule has 0 atom stereocenters. The van der Waals surface area contributed by atoms with Crippen LogP contribution < -0.4 is 5.32 Å². The number of carbonyl (C=O) groups excluding carboxylic acids is 1. The highest BCUT2D eigenvalue weighted by Gasteiger charge is 2.14. The van der Waals surface area contributed by atoms with E-state index in [1.807, 2.05) is 0 Å². The highest BCUT2D eigenvalue weighted by molar-refractivity contribution is 6.31. The van der Waals surface area contributed by atoms with Crippen molar-refractivity contribution >= 4 is 45.8 Å². The molecule has 0 bridgehead atoms. The quantitative estimate of drug-likeness (QED) is 0.672. The van der Waals surface area contributed by atoms with Crippen LogP contribution >= 0.6 is 23.2 Å². The minimum absolute atomic E-state index is 0.0769. The monoisotopic (exact) mass is 321 g/mol. The molecule has 0 radical (unpaired) electrons. The van der Waals surface area contributed by atoms with E-state index in [9.17, 15) is 9.90 Å². The molecule has 0 aliphatic heterocycles. The van der Waals surface area contributed by atoms with E-state index in [1.54, 1.807) is 24.3 Å². The molecule has 0 aliphatic rings. The molecule has 4 nitrogen and oxygen atoms in total. The van der Waals surface area contributed by atoms with Crippen LogP contribution in [0.15, 0.2) is 46.9 Å². The van der Waals surface area contributed by atoms with Crippen LogP contribution in [0, 0.1) is 0 Å². The lowest BCUT2D eigenvalue weighted by Gasteiger charge is -2.05. The first kappa shape index (κ1) is 13.8. The molecule has 1 amide bonds. The lowest BCUT2D eigenvalue weighted by molar-refractivity contribution is 0.0998. The van der Waals surface area contributed by atoms with Crippen LogP contribution in [0.25, 0.3) is 11.0 Å². The summed E-state index contributed by atoms with van der Waals surface area (Å²) in [6.07, 6.45) is 0. The first-order valence-electron chi connectivity index (χ1n) is 6.02. The molecule has 2 N–H and O–H groups in total. The minimum atomic E-state index is -0.486. The van der Waals surface area contributed by atoms with Crippen LogP contribution in [0.3, 0.4) is 0 Å². The largest absolute Gasteiger partial charge is 0.506 e. The van der Waals surface area contributed by atoms with Crippen molar-refractivity contribution in [1.82, 2.24) is 0 Å². The molecular formula is C15H9Cl2NO3. The van der Waals surface area contributed by atoms with Gasteiger partial charge < -0.3 is 14.8 Å². The molecule has 0 spiro atoms. The molecule has 0 saturated carbocycles. The number of hydrogen-bond acceptors (Lipinski definition) is 3. The van der Waals surface area contributed by atoms with Gasteiger partial charge in [0, 0.05) is 15.4 Å². The number of halogens is 2. The molecule has 106 valence electrons. The third kappa shape index (κ3) is 2.82. The number of anilines is 1. The predicted octanol–water partition coefficient (Wildman–Crippen LogP) is 4.70. The zero-order valence-corrected chi connectivity index (χ0v) is 12.1. The second kappa shape index (κ2) is 5.31. The Labute approximate surface area is 129 Å². The van der Waals surface area contributed by atoms with Gasteiger partial charge in [0.2, 0.25) is 0 Å². The van der Waals surface area contributed by atoms with E-state index >= 15 is 0 Å². The van der Waals surface area contributed by atoms with Gasteiger partial charge in [0.05, 0.1) is 5.69 Å². The molecule has 3 aromatic rings. The lowest BCUT2D eigenvalue weighted by atomic mass is 10.2. The lowest BCUT2D eigenvalue weighted by Crippen LogP contribution is -2.10. The summed E-state index contributed by atoms with van der Waals surface area (Å²) in [5.41, 5.74) is 0.769. The average molecular weight is 322 g/mol. The van der Waals surface area contributed by atoms with Crippen LogP contribution in [0.1, 0.15) is 10.6 Å². The van der Waals surface area contributed by atoms with Gasteiger partial charge in [0.1, 0.15) is 11.3 Å². The summed E-state index contributed by atoms with van der Waals surface area (Å²) in [5.74, 6) is -0.446. The number of benzene rings is 2. The summed E-state index contributed by atoms with van der Waals surface area (Å²) in [5, 5.41) is 13.9. The number of furan rings is 1. The smallest absolute Gasteiger partial charge is 0.291 e. The Balaban J connectivity index is 1.91. The van der Waals surface area contributed by atoms with Gasteiger partial charge in [-0.3, -0.25) is 4.79 Å². The zero-order chi connectivity index (χ0) is 15.0. The van der Waals surface area contributed by atoms with Crippen molar-refractivity contribution in [3.8, 4) is 5.75 Å². The van der Waals surface area contributed by atoms with Crippen molar-refractivity contribution in [2.24, 2.45) is 0 Å². The van der Waals surface area contributed by atoms with Gasteiger partial charge in [0.25, 0.3) is 5.91 Å². The van der Waals surface area contributed by atoms with Gasteiger partial charge in [-0.05, 0) is 42.5 Å². The summed E-state index contributed by atoms with van der Waals surface area (Å²) in [4.78, 5) is 12.1. The standard InChI is InChI=1S/C15H9Cl2NO3/c16-9-2-4-13-8(5-9)6-14(21-13)15(20)18-11-7-10(17)1-3-12(11)19/h1-7,19H,(H,18,20). The number of nitrogens with one attached hydrogen (secondary N) is 1. The molecule has 1 heterocycles. The van der Waals surface area contributed by atoms with Crippen LogP contribution in [0.4, 0.5) is 5.69 Å². The van der Waals surface area contributed by atoms with Crippen molar-refractivity contribution in [2.45, 2.75) is 0 Å². The van der Waals surface area contributed by atoms with Crippen LogP contribution in [0.5, 0.6) is 5.75 Å². The molecule has 1 aromatic heterocycles. The Kier molecular flexibility index (Phi) is 3.49. The van der Waals surface area contributed by atoms with Gasteiger partial charge >= 0.3 is 0 Å². The SMILES string of the molecule is O=C(Nc1cc(Cl)ccc1O)c1cc2cc(Cl)ccc2o1. The fraction of sp³-hybridized carbons (Fsp3) is 0. The number of phenols is 1. The van der Waals surface area contributed by atoms with Crippen molar-refractivity contribution in [2.75, 3.05) is 5.32 Å². The Hall–Kier alpha value is -2.17. The molecule has 0 saturated heterocycles. The number of carbonyl (C=O) groups is 1. The van der Waals surface area contributed by atoms with Gasteiger partial charge in [-0.2, -0.15) is 0 Å². The van der Waals surface area contributed by atoms with Crippen LogP contribution in [0.2, 0.25) is 10.0 Å². The average Bonchev–Trinajstić information content (AvgIpc) is 2.86. The van der Waals surface area contributed by atoms with Crippen molar-refractivity contribution in [1.29, 1.82) is 0 Å². The van der Waals surface area contributed by atoms with Crippen molar-refractivity contribution in [3.63, 3.8) is 0 Å². The summed E-state index contributed by atoms with van der Waals surface area (Å²) >= 11 is 11.7. The first-order valence-corrected chi connectivity index (χ1v) is 6.77. The fourth-order valence-electron chi connectivity index (χ4n) is 1.92.